The van der Waals surface area contributed by atoms with Gasteiger partial charge in [0.2, 0.25) is 0 Å². The number of carbonyl (C=O) groups is 1. The van der Waals surface area contributed by atoms with E-state index in [1.54, 1.807) is 37.4 Å². The van der Waals surface area contributed by atoms with Gasteiger partial charge in [-0.2, -0.15) is 5.10 Å². The first kappa shape index (κ1) is 19.5. The molecule has 0 fully saturated rings. The van der Waals surface area contributed by atoms with Gasteiger partial charge in [0.15, 0.2) is 17.3 Å². The third-order valence-electron chi connectivity index (χ3n) is 4.49. The molecule has 0 radical (unpaired) electrons. The van der Waals surface area contributed by atoms with Gasteiger partial charge >= 0.3 is 0 Å². The number of aromatic nitrogens is 2. The van der Waals surface area contributed by atoms with Gasteiger partial charge in [-0.1, -0.05) is 31.2 Å². The number of hydrogen-bond acceptors (Lipinski definition) is 4. The highest BCUT2D eigenvalue weighted by molar-refractivity contribution is 6.04. The number of methoxy groups -OCH3 is 1. The molecular formula is C21H22FN3O3. The number of carbonyl (C=O) groups excluding carboxylic acids is 1. The van der Waals surface area contributed by atoms with Crippen molar-refractivity contribution in [2.24, 2.45) is 0 Å². The van der Waals surface area contributed by atoms with Crippen LogP contribution in [0.4, 0.5) is 4.39 Å². The average Bonchev–Trinajstić information content (AvgIpc) is 2.70. The Morgan fingerprint density at radius 2 is 1.93 bits per heavy atom. The summed E-state index contributed by atoms with van der Waals surface area (Å²) in [5.74, 6) is -0.671. The fourth-order valence-electron chi connectivity index (χ4n) is 3.09. The van der Waals surface area contributed by atoms with E-state index in [4.69, 9.17) is 4.74 Å². The quantitative estimate of drug-likeness (QED) is 0.656. The number of amides is 1. The van der Waals surface area contributed by atoms with Gasteiger partial charge in [0.1, 0.15) is 0 Å². The van der Waals surface area contributed by atoms with Crippen molar-refractivity contribution in [2.45, 2.75) is 26.4 Å². The van der Waals surface area contributed by atoms with Crippen LogP contribution in [0.5, 0.6) is 5.75 Å². The lowest BCUT2D eigenvalue weighted by Gasteiger charge is -2.19. The summed E-state index contributed by atoms with van der Waals surface area (Å²) in [7, 11) is 3.02. The Labute approximate surface area is 162 Å². The van der Waals surface area contributed by atoms with Crippen molar-refractivity contribution >= 4 is 16.7 Å². The monoisotopic (exact) mass is 383 g/mol. The van der Waals surface area contributed by atoms with E-state index in [9.17, 15) is 14.0 Å². The van der Waals surface area contributed by atoms with Crippen LogP contribution in [-0.4, -0.2) is 34.7 Å². The third-order valence-corrected chi connectivity index (χ3v) is 4.49. The standard InChI is InChI=1S/C21H22FN3O3/c1-4-11-25-20(26)16-8-6-5-7-15(16)19(23-25)21(27)24(2)13-14-9-10-18(28-3)17(22)12-14/h5-10,12H,4,11,13H2,1-3H3. The van der Waals surface area contributed by atoms with Crippen molar-refractivity contribution in [3.05, 3.63) is 69.9 Å². The van der Waals surface area contributed by atoms with Gasteiger partial charge in [0.05, 0.1) is 12.5 Å². The molecule has 1 amide bonds. The van der Waals surface area contributed by atoms with Crippen LogP contribution in [-0.2, 0) is 13.1 Å². The predicted molar refractivity (Wildman–Crippen MR) is 105 cm³/mol. The molecule has 1 aromatic heterocycles. The minimum atomic E-state index is -0.485. The third kappa shape index (κ3) is 3.74. The van der Waals surface area contributed by atoms with Gasteiger partial charge in [-0.25, -0.2) is 9.07 Å². The summed E-state index contributed by atoms with van der Waals surface area (Å²) >= 11 is 0. The molecule has 7 heteroatoms. The minimum absolute atomic E-state index is 0.150. The second-order valence-corrected chi connectivity index (χ2v) is 6.55. The van der Waals surface area contributed by atoms with Crippen LogP contribution >= 0.6 is 0 Å². The van der Waals surface area contributed by atoms with Crippen molar-refractivity contribution in [2.75, 3.05) is 14.2 Å². The molecule has 0 aliphatic heterocycles. The van der Waals surface area contributed by atoms with Crippen LogP contribution in [0.1, 0.15) is 29.4 Å². The fraction of sp³-hybridized carbons (Fsp3) is 0.286. The molecule has 2 aromatic carbocycles. The molecule has 0 spiro atoms. The topological polar surface area (TPSA) is 64.4 Å². The maximum atomic E-state index is 13.9. The van der Waals surface area contributed by atoms with Crippen LogP contribution in [0.2, 0.25) is 0 Å². The number of hydrogen-bond donors (Lipinski definition) is 0. The Kier molecular flexibility index (Phi) is 5.73. The lowest BCUT2D eigenvalue weighted by molar-refractivity contribution is 0.0778. The molecule has 28 heavy (non-hydrogen) atoms. The molecule has 0 saturated carbocycles. The largest absolute Gasteiger partial charge is 0.494 e. The van der Waals surface area contributed by atoms with Gasteiger partial charge in [-0.05, 0) is 30.2 Å². The number of fused-ring (bicyclic) bond motifs is 1. The number of halogens is 1. The van der Waals surface area contributed by atoms with E-state index in [-0.39, 0.29) is 29.5 Å². The van der Waals surface area contributed by atoms with E-state index in [1.807, 2.05) is 6.92 Å². The fourth-order valence-corrected chi connectivity index (χ4v) is 3.09. The van der Waals surface area contributed by atoms with Crippen LogP contribution in [0.25, 0.3) is 10.8 Å². The molecule has 0 saturated heterocycles. The molecule has 0 N–H and O–H groups in total. The second kappa shape index (κ2) is 8.21. The van der Waals surface area contributed by atoms with Crippen LogP contribution in [0.15, 0.2) is 47.3 Å². The van der Waals surface area contributed by atoms with Gasteiger partial charge < -0.3 is 9.64 Å². The molecule has 146 valence electrons. The average molecular weight is 383 g/mol. The van der Waals surface area contributed by atoms with Crippen molar-refractivity contribution in [3.63, 3.8) is 0 Å². The Balaban J connectivity index is 1.97. The summed E-state index contributed by atoms with van der Waals surface area (Å²) in [5.41, 5.74) is 0.620. The number of rotatable bonds is 6. The lowest BCUT2D eigenvalue weighted by atomic mass is 10.1. The van der Waals surface area contributed by atoms with Gasteiger partial charge in [-0.15, -0.1) is 0 Å². The van der Waals surface area contributed by atoms with Crippen LogP contribution in [0, 0.1) is 5.82 Å². The zero-order chi connectivity index (χ0) is 20.3. The number of nitrogens with zero attached hydrogens (tertiary/aromatic N) is 3. The normalized spacial score (nSPS) is 10.9. The molecule has 3 rings (SSSR count). The van der Waals surface area contributed by atoms with Crippen molar-refractivity contribution in [1.82, 2.24) is 14.7 Å². The second-order valence-electron chi connectivity index (χ2n) is 6.55. The highest BCUT2D eigenvalue weighted by Crippen LogP contribution is 2.20. The van der Waals surface area contributed by atoms with Gasteiger partial charge in [0.25, 0.3) is 11.5 Å². The number of aryl methyl sites for hydroxylation is 1. The van der Waals surface area contributed by atoms with Gasteiger partial charge in [-0.3, -0.25) is 9.59 Å². The Morgan fingerprint density at radius 3 is 2.57 bits per heavy atom. The Hall–Kier alpha value is -3.22. The maximum absolute atomic E-state index is 13.9. The minimum Gasteiger partial charge on any atom is -0.494 e. The maximum Gasteiger partial charge on any atom is 0.274 e. The van der Waals surface area contributed by atoms with E-state index in [2.05, 4.69) is 5.10 Å². The first-order valence-corrected chi connectivity index (χ1v) is 9.04. The van der Waals surface area contributed by atoms with E-state index >= 15 is 0 Å². The Morgan fingerprint density at radius 1 is 1.21 bits per heavy atom. The smallest absolute Gasteiger partial charge is 0.274 e. The summed E-state index contributed by atoms with van der Waals surface area (Å²) in [6, 6.07) is 11.5. The lowest BCUT2D eigenvalue weighted by Crippen LogP contribution is -2.32. The SMILES string of the molecule is CCCn1nc(C(=O)N(C)Cc2ccc(OC)c(F)c2)c2ccccc2c1=O. The summed E-state index contributed by atoms with van der Waals surface area (Å²) in [5, 5.41) is 5.28. The number of ether oxygens (including phenoxy) is 1. The van der Waals surface area contributed by atoms with Gasteiger partial charge in [0, 0.05) is 25.5 Å². The molecule has 0 bridgehead atoms. The first-order valence-electron chi connectivity index (χ1n) is 9.04. The van der Waals surface area contributed by atoms with Crippen molar-refractivity contribution < 1.29 is 13.9 Å². The van der Waals surface area contributed by atoms with Crippen molar-refractivity contribution in [3.8, 4) is 5.75 Å². The van der Waals surface area contributed by atoms with Crippen LogP contribution < -0.4 is 10.3 Å². The zero-order valence-electron chi connectivity index (χ0n) is 16.1. The van der Waals surface area contributed by atoms with E-state index in [1.165, 1.54) is 28.8 Å². The van der Waals surface area contributed by atoms with Crippen molar-refractivity contribution in [1.29, 1.82) is 0 Å². The summed E-state index contributed by atoms with van der Waals surface area (Å²) < 4.78 is 20.2. The van der Waals surface area contributed by atoms with Crippen LogP contribution in [0.3, 0.4) is 0 Å². The first-order chi connectivity index (χ1) is 13.5. The zero-order valence-corrected chi connectivity index (χ0v) is 16.1. The summed E-state index contributed by atoms with van der Waals surface area (Å²) in [6.45, 7) is 2.56. The summed E-state index contributed by atoms with van der Waals surface area (Å²) in [4.78, 5) is 27.1. The highest BCUT2D eigenvalue weighted by atomic mass is 19.1. The molecule has 1 heterocycles. The molecular weight excluding hydrogens is 361 g/mol. The van der Waals surface area contributed by atoms with E-state index < -0.39 is 5.82 Å². The molecule has 3 aromatic rings. The highest BCUT2D eigenvalue weighted by Gasteiger charge is 2.20. The molecule has 0 aliphatic rings. The molecule has 6 nitrogen and oxygen atoms in total. The molecule has 0 aliphatic carbocycles. The van der Waals surface area contributed by atoms with E-state index in [0.29, 0.717) is 22.9 Å². The molecule has 0 unspecified atom stereocenters. The van der Waals surface area contributed by atoms with E-state index in [0.717, 1.165) is 6.42 Å². The number of benzene rings is 2. The Bertz CT molecular complexity index is 1080. The summed E-state index contributed by atoms with van der Waals surface area (Å²) in [6.07, 6.45) is 0.722. The molecule has 0 atom stereocenters. The predicted octanol–water partition coefficient (Wildman–Crippen LogP) is 3.23.